The Labute approximate surface area is 524 Å². The van der Waals surface area contributed by atoms with Gasteiger partial charge in [0.1, 0.15) is 29.7 Å². The van der Waals surface area contributed by atoms with Crippen LogP contribution in [0.15, 0.2) is 170 Å². The zero-order valence-electron chi connectivity index (χ0n) is 53.8. The standard InChI is InChI=1S/C19H20F3NO.C19H21N3O.C18H25N3O.C18H21NO/c1-18(2,3)14-7-8-17-13(9-14)11-23(12-24-17)16-6-4-5-15(10-16)19(20,21)22;1-19(2,3)14-8-9-17-13(10-14)11-22(12-23-17)18-20-15-6-4-5-7-16(15)21-18;1-18(2,3)16-5-6-17-15(11-16)12-21(14-22-17)9-4-8-20-10-7-19-13-20;1-18(2,3)15-9-10-17-14(11-15)12-19(13-20-17)16-7-5-4-6-8-16/h4-10H,11-12H2,1-3H3;4-10H,11-12H2,1-3H3,(H,20,21);5-7,10-11,13H,4,8-9,12,14H2,1-3H3;4-11H,12-13H2,1-3H3. The van der Waals surface area contributed by atoms with Gasteiger partial charge in [0.25, 0.3) is 0 Å². The monoisotopic (exact) mass is 1210 g/mol. The highest BCUT2D eigenvalue weighted by Crippen LogP contribution is 2.38. The molecule has 0 aliphatic carbocycles. The van der Waals surface area contributed by atoms with Crippen LogP contribution < -0.4 is 33.6 Å². The summed E-state index contributed by atoms with van der Waals surface area (Å²) in [6.45, 7) is 33.9. The molecule has 7 aromatic carbocycles. The first-order valence-corrected chi connectivity index (χ1v) is 30.9. The van der Waals surface area contributed by atoms with E-state index in [2.05, 4.69) is 202 Å². The van der Waals surface area contributed by atoms with Crippen molar-refractivity contribution >= 4 is 28.4 Å². The molecule has 1 N–H and O–H groups in total. The molecule has 0 fully saturated rings. The fourth-order valence-corrected chi connectivity index (χ4v) is 11.0. The molecule has 0 saturated heterocycles. The molecule has 0 spiro atoms. The third kappa shape index (κ3) is 16.3. The van der Waals surface area contributed by atoms with E-state index in [1.54, 1.807) is 6.07 Å². The van der Waals surface area contributed by atoms with Crippen molar-refractivity contribution in [2.45, 2.75) is 150 Å². The van der Waals surface area contributed by atoms with Crippen molar-refractivity contribution in [3.05, 3.63) is 220 Å². The van der Waals surface area contributed by atoms with Crippen LogP contribution in [-0.2, 0) is 60.6 Å². The molecule has 0 atom stereocenters. The van der Waals surface area contributed by atoms with Gasteiger partial charge in [0, 0.05) is 78.7 Å². The van der Waals surface area contributed by atoms with E-state index in [0.29, 0.717) is 32.4 Å². The van der Waals surface area contributed by atoms with Crippen LogP contribution in [0.2, 0.25) is 0 Å². The quantitative estimate of drug-likeness (QED) is 0.166. The van der Waals surface area contributed by atoms with Crippen LogP contribution in [0.25, 0.3) is 11.0 Å². The minimum atomic E-state index is -4.34. The summed E-state index contributed by atoms with van der Waals surface area (Å²) in [4.78, 5) is 20.7. The molecule has 15 heteroatoms. The van der Waals surface area contributed by atoms with Crippen LogP contribution in [0.1, 0.15) is 140 Å². The number of rotatable bonds is 7. The Kier molecular flexibility index (Phi) is 18.8. The lowest BCUT2D eigenvalue weighted by Gasteiger charge is -2.32. The minimum Gasteiger partial charge on any atom is -0.478 e. The van der Waals surface area contributed by atoms with Crippen molar-refractivity contribution in [3.63, 3.8) is 0 Å². The number of nitrogens with zero attached hydrogens (tertiary/aromatic N) is 7. The predicted octanol–water partition coefficient (Wildman–Crippen LogP) is 17.3. The van der Waals surface area contributed by atoms with Crippen molar-refractivity contribution in [1.29, 1.82) is 0 Å². The zero-order valence-corrected chi connectivity index (χ0v) is 53.8. The molecule has 89 heavy (non-hydrogen) atoms. The van der Waals surface area contributed by atoms with Crippen molar-refractivity contribution in [2.24, 2.45) is 0 Å². The molecule has 0 unspecified atom stereocenters. The smallest absolute Gasteiger partial charge is 0.416 e. The number of fused-ring (bicyclic) bond motifs is 5. The summed E-state index contributed by atoms with van der Waals surface area (Å²) in [7, 11) is 0. The zero-order chi connectivity index (χ0) is 63.3. The van der Waals surface area contributed by atoms with Gasteiger partial charge in [0.05, 0.1) is 29.5 Å². The number of aromatic nitrogens is 4. The predicted molar refractivity (Wildman–Crippen MR) is 352 cm³/mol. The summed E-state index contributed by atoms with van der Waals surface area (Å²) in [5, 5.41) is 0. The number of benzene rings is 7. The van der Waals surface area contributed by atoms with Crippen LogP contribution in [0, 0.1) is 0 Å². The number of alkyl halides is 3. The second-order valence-corrected chi connectivity index (χ2v) is 27.6. The van der Waals surface area contributed by atoms with Crippen molar-refractivity contribution in [2.75, 3.05) is 48.2 Å². The van der Waals surface area contributed by atoms with Gasteiger partial charge < -0.3 is 43.2 Å². The number of aryl methyl sites for hydroxylation is 1. The Morgan fingerprint density at radius 2 is 0.888 bits per heavy atom. The highest BCUT2D eigenvalue weighted by atomic mass is 19.4. The molecule has 9 aromatic rings. The van der Waals surface area contributed by atoms with E-state index in [1.807, 2.05) is 66.1 Å². The van der Waals surface area contributed by atoms with Crippen LogP contribution in [0.5, 0.6) is 23.0 Å². The van der Waals surface area contributed by atoms with Crippen LogP contribution >= 0.6 is 0 Å². The Balaban J connectivity index is 0.000000131. The summed E-state index contributed by atoms with van der Waals surface area (Å²) in [5.41, 5.74) is 13.6. The molecule has 6 heterocycles. The maximum atomic E-state index is 12.9. The highest BCUT2D eigenvalue weighted by Gasteiger charge is 2.32. The summed E-state index contributed by atoms with van der Waals surface area (Å²) in [6, 6.07) is 49.6. The van der Waals surface area contributed by atoms with Gasteiger partial charge in [-0.2, -0.15) is 13.2 Å². The van der Waals surface area contributed by atoms with Crippen molar-refractivity contribution < 1.29 is 32.1 Å². The van der Waals surface area contributed by atoms with E-state index in [9.17, 15) is 13.2 Å². The Morgan fingerprint density at radius 1 is 0.438 bits per heavy atom. The van der Waals surface area contributed by atoms with E-state index in [1.165, 1.54) is 56.8 Å². The Bertz CT molecular complexity index is 3780. The van der Waals surface area contributed by atoms with Gasteiger partial charge in [0.15, 0.2) is 20.2 Å². The fourth-order valence-electron chi connectivity index (χ4n) is 11.0. The normalized spacial score (nSPS) is 14.9. The number of para-hydroxylation sites is 3. The number of nitrogens with one attached hydrogen (secondary N) is 1. The lowest BCUT2D eigenvalue weighted by molar-refractivity contribution is -0.137. The summed E-state index contributed by atoms with van der Waals surface area (Å²) in [5.74, 6) is 4.69. The van der Waals surface area contributed by atoms with E-state index < -0.39 is 11.7 Å². The van der Waals surface area contributed by atoms with Crippen molar-refractivity contribution in [1.82, 2.24) is 24.4 Å². The van der Waals surface area contributed by atoms with Crippen LogP contribution in [0.3, 0.4) is 0 Å². The lowest BCUT2D eigenvalue weighted by Crippen LogP contribution is -2.33. The van der Waals surface area contributed by atoms with Gasteiger partial charge in [-0.1, -0.05) is 150 Å². The third-order valence-corrected chi connectivity index (χ3v) is 16.5. The van der Waals surface area contributed by atoms with E-state index in [0.717, 1.165) is 90.8 Å². The number of aromatic amines is 1. The minimum absolute atomic E-state index is 0.00745. The first kappa shape index (κ1) is 63.6. The average molecular weight is 1210 g/mol. The number of ether oxygens (including phenoxy) is 4. The first-order valence-electron chi connectivity index (χ1n) is 30.9. The summed E-state index contributed by atoms with van der Waals surface area (Å²) < 4.78 is 64.3. The van der Waals surface area contributed by atoms with E-state index >= 15 is 0 Å². The van der Waals surface area contributed by atoms with Gasteiger partial charge in [-0.15, -0.1) is 0 Å². The number of imidazole rings is 2. The molecule has 4 aliphatic rings. The number of hydrogen-bond acceptors (Lipinski definition) is 10. The van der Waals surface area contributed by atoms with Gasteiger partial charge in [-0.25, -0.2) is 9.97 Å². The lowest BCUT2D eigenvalue weighted by atomic mass is 9.86. The molecule has 4 aliphatic heterocycles. The largest absolute Gasteiger partial charge is 0.478 e. The number of H-pyrrole nitrogens is 1. The topological polar surface area (TPSA) is 96.4 Å². The summed E-state index contributed by atoms with van der Waals surface area (Å²) >= 11 is 0. The molecule has 13 rings (SSSR count). The molecule has 0 amide bonds. The third-order valence-electron chi connectivity index (χ3n) is 16.5. The van der Waals surface area contributed by atoms with Crippen LogP contribution in [-0.4, -0.2) is 57.9 Å². The van der Waals surface area contributed by atoms with Crippen molar-refractivity contribution in [3.8, 4) is 23.0 Å². The first-order chi connectivity index (χ1) is 42.2. The number of hydrogen-bond donors (Lipinski definition) is 1. The molecule has 0 radical (unpaired) electrons. The Hall–Kier alpha value is -8.43. The molecule has 468 valence electrons. The molecule has 0 bridgehead atoms. The Morgan fingerprint density at radius 3 is 1.37 bits per heavy atom. The van der Waals surface area contributed by atoms with E-state index in [-0.39, 0.29) is 28.4 Å². The van der Waals surface area contributed by atoms with Gasteiger partial charge >= 0.3 is 6.18 Å². The second-order valence-electron chi connectivity index (χ2n) is 27.6. The molecule has 0 saturated carbocycles. The molecule has 12 nitrogen and oxygen atoms in total. The second kappa shape index (κ2) is 26.3. The maximum Gasteiger partial charge on any atom is 0.416 e. The van der Waals surface area contributed by atoms with Gasteiger partial charge in [-0.05, 0) is 135 Å². The molecule has 2 aromatic heterocycles. The highest BCUT2D eigenvalue weighted by molar-refractivity contribution is 5.77. The van der Waals surface area contributed by atoms with E-state index in [4.69, 9.17) is 18.9 Å². The number of anilines is 3. The van der Waals surface area contributed by atoms with Gasteiger partial charge in [-0.3, -0.25) is 4.90 Å². The van der Waals surface area contributed by atoms with Gasteiger partial charge in [0.2, 0.25) is 5.95 Å². The SMILES string of the molecule is CC(C)(C)c1ccc2c(c1)CN(CCCn1ccnc1)CO2.CC(C)(C)c1ccc2c(c1)CN(c1cccc(C(F)(F)F)c1)CO2.CC(C)(C)c1ccc2c(c1)CN(c1ccccc1)CO2.CC(C)(C)c1ccc2c(c1)CN(c1nc3ccccc3[nH]1)CO2. The fraction of sp³-hybridized carbons (Fsp3) is 0.378. The molecular weight excluding hydrogens is 1120 g/mol. The summed E-state index contributed by atoms with van der Waals surface area (Å²) in [6.07, 6.45) is 2.47. The number of halogens is 3. The van der Waals surface area contributed by atoms with Crippen LogP contribution in [0.4, 0.5) is 30.5 Å². The average Bonchev–Trinajstić information content (AvgIpc) is 1.76. The molecular formula is C74H87F3N8O4. The maximum absolute atomic E-state index is 12.9.